The van der Waals surface area contributed by atoms with Crippen molar-refractivity contribution in [1.82, 2.24) is 9.78 Å². The molecule has 0 aliphatic heterocycles. The zero-order valence-corrected chi connectivity index (χ0v) is 10.3. The Balaban J connectivity index is 2.27. The van der Waals surface area contributed by atoms with E-state index in [9.17, 15) is 4.79 Å². The third-order valence-corrected chi connectivity index (χ3v) is 2.73. The minimum Gasteiger partial charge on any atom is -0.319 e. The molecule has 0 radical (unpaired) electrons. The fraction of sp³-hybridized carbons (Fsp3) is 0.0833. The molecule has 0 fully saturated rings. The number of nitriles is 1. The Morgan fingerprint density at radius 2 is 2.28 bits per heavy atom. The zero-order valence-electron chi connectivity index (χ0n) is 9.51. The normalized spacial score (nSPS) is 9.83. The van der Waals surface area contributed by atoms with Crippen molar-refractivity contribution in [3.63, 3.8) is 0 Å². The Morgan fingerprint density at radius 3 is 2.89 bits per heavy atom. The summed E-state index contributed by atoms with van der Waals surface area (Å²) in [7, 11) is 1.67. The highest BCUT2D eigenvalue weighted by molar-refractivity contribution is 6.34. The monoisotopic (exact) mass is 260 g/mol. The van der Waals surface area contributed by atoms with Crippen LogP contribution in [0.1, 0.15) is 16.1 Å². The van der Waals surface area contributed by atoms with Gasteiger partial charge >= 0.3 is 0 Å². The molecule has 2 aromatic rings. The van der Waals surface area contributed by atoms with Gasteiger partial charge in [0.15, 0.2) is 0 Å². The number of nitrogens with zero attached hydrogens (tertiary/aromatic N) is 3. The Kier molecular flexibility index (Phi) is 3.31. The van der Waals surface area contributed by atoms with E-state index in [1.165, 1.54) is 16.9 Å². The fourth-order valence-electron chi connectivity index (χ4n) is 1.47. The van der Waals surface area contributed by atoms with E-state index >= 15 is 0 Å². The van der Waals surface area contributed by atoms with Crippen LogP contribution in [0.5, 0.6) is 0 Å². The summed E-state index contributed by atoms with van der Waals surface area (Å²) in [5.41, 5.74) is 1.25. The molecule has 0 saturated heterocycles. The van der Waals surface area contributed by atoms with E-state index in [0.29, 0.717) is 22.0 Å². The summed E-state index contributed by atoms with van der Waals surface area (Å²) in [4.78, 5) is 11.9. The molecule has 0 atom stereocenters. The minimum absolute atomic E-state index is 0.327. The summed E-state index contributed by atoms with van der Waals surface area (Å²) < 4.78 is 1.46. The summed E-state index contributed by atoms with van der Waals surface area (Å²) in [6.07, 6.45) is 1.53. The van der Waals surface area contributed by atoms with Crippen molar-refractivity contribution in [2.24, 2.45) is 7.05 Å². The van der Waals surface area contributed by atoms with Crippen molar-refractivity contribution in [2.45, 2.75) is 0 Å². The van der Waals surface area contributed by atoms with E-state index in [-0.39, 0.29) is 5.91 Å². The van der Waals surface area contributed by atoms with E-state index in [2.05, 4.69) is 10.4 Å². The van der Waals surface area contributed by atoms with Crippen LogP contribution in [0.15, 0.2) is 30.5 Å². The van der Waals surface area contributed by atoms with Crippen LogP contribution in [0.2, 0.25) is 5.02 Å². The number of carbonyl (C=O) groups is 1. The van der Waals surface area contributed by atoms with E-state index in [0.717, 1.165) is 0 Å². The number of hydrogen-bond donors (Lipinski definition) is 1. The van der Waals surface area contributed by atoms with Gasteiger partial charge in [-0.1, -0.05) is 11.6 Å². The molecule has 90 valence electrons. The topological polar surface area (TPSA) is 70.7 Å². The number of nitrogens with one attached hydrogen (secondary N) is 1. The molecule has 1 aromatic heterocycles. The van der Waals surface area contributed by atoms with Crippen LogP contribution in [0, 0.1) is 11.3 Å². The molecule has 1 aromatic carbocycles. The molecule has 5 nitrogen and oxygen atoms in total. The van der Waals surface area contributed by atoms with Gasteiger partial charge in [-0.25, -0.2) is 0 Å². The highest BCUT2D eigenvalue weighted by Gasteiger charge is 2.12. The fourth-order valence-corrected chi connectivity index (χ4v) is 1.64. The van der Waals surface area contributed by atoms with Crippen LogP contribution >= 0.6 is 11.6 Å². The molecule has 6 heteroatoms. The quantitative estimate of drug-likeness (QED) is 0.900. The first-order valence-electron chi connectivity index (χ1n) is 5.11. The van der Waals surface area contributed by atoms with Crippen molar-refractivity contribution in [3.8, 4) is 6.07 Å². The molecule has 1 heterocycles. The molecule has 0 aliphatic carbocycles. The van der Waals surface area contributed by atoms with E-state index in [1.54, 1.807) is 25.2 Å². The second kappa shape index (κ2) is 4.90. The molecule has 0 unspecified atom stereocenters. The number of rotatable bonds is 2. The summed E-state index contributed by atoms with van der Waals surface area (Å²) in [5, 5.41) is 15.7. The van der Waals surface area contributed by atoms with Crippen molar-refractivity contribution in [1.29, 1.82) is 5.26 Å². The number of carbonyl (C=O) groups excluding carboxylic acids is 1. The van der Waals surface area contributed by atoms with Crippen LogP contribution in [0.25, 0.3) is 0 Å². The highest BCUT2D eigenvalue weighted by atomic mass is 35.5. The van der Waals surface area contributed by atoms with Gasteiger partial charge in [0.2, 0.25) is 0 Å². The summed E-state index contributed by atoms with van der Waals surface area (Å²) in [6, 6.07) is 8.26. The van der Waals surface area contributed by atoms with E-state index in [1.807, 2.05) is 6.07 Å². The van der Waals surface area contributed by atoms with Crippen molar-refractivity contribution >= 4 is 23.2 Å². The van der Waals surface area contributed by atoms with Crippen molar-refractivity contribution in [2.75, 3.05) is 5.32 Å². The molecule has 1 N–H and O–H groups in total. The molecular weight excluding hydrogens is 252 g/mol. The lowest BCUT2D eigenvalue weighted by molar-refractivity contribution is 0.101. The van der Waals surface area contributed by atoms with Crippen LogP contribution in [-0.2, 0) is 7.05 Å². The van der Waals surface area contributed by atoms with Gasteiger partial charge in [0.1, 0.15) is 5.69 Å². The minimum atomic E-state index is -0.327. The second-order valence-corrected chi connectivity index (χ2v) is 4.01. The maximum absolute atomic E-state index is 11.9. The van der Waals surface area contributed by atoms with Gasteiger partial charge in [0, 0.05) is 13.2 Å². The van der Waals surface area contributed by atoms with Gasteiger partial charge in [-0.05, 0) is 24.3 Å². The molecule has 0 bridgehead atoms. The van der Waals surface area contributed by atoms with E-state index < -0.39 is 0 Å². The lowest BCUT2D eigenvalue weighted by Gasteiger charge is -2.07. The zero-order chi connectivity index (χ0) is 13.1. The number of amides is 1. The van der Waals surface area contributed by atoms with Gasteiger partial charge in [-0.15, -0.1) is 0 Å². The van der Waals surface area contributed by atoms with Crippen LogP contribution < -0.4 is 5.32 Å². The lowest BCUT2D eigenvalue weighted by atomic mass is 10.2. The lowest BCUT2D eigenvalue weighted by Crippen LogP contribution is -2.16. The number of aromatic nitrogens is 2. The van der Waals surface area contributed by atoms with Gasteiger partial charge in [0.25, 0.3) is 5.91 Å². The maximum Gasteiger partial charge on any atom is 0.273 e. The predicted octanol–water partition coefficient (Wildman–Crippen LogP) is 2.20. The van der Waals surface area contributed by atoms with Crippen molar-refractivity contribution in [3.05, 3.63) is 46.7 Å². The summed E-state index contributed by atoms with van der Waals surface area (Å²) in [6.45, 7) is 0. The summed E-state index contributed by atoms with van der Waals surface area (Å²) in [5.74, 6) is -0.327. The maximum atomic E-state index is 11.9. The molecule has 18 heavy (non-hydrogen) atoms. The Morgan fingerprint density at radius 1 is 1.50 bits per heavy atom. The molecular formula is C12H9ClN4O. The van der Waals surface area contributed by atoms with Gasteiger partial charge in [0.05, 0.1) is 22.3 Å². The summed E-state index contributed by atoms with van der Waals surface area (Å²) >= 11 is 5.95. The standard InChI is InChI=1S/C12H9ClN4O/c1-17-11(4-5-15-17)12(18)16-10-6-8(7-14)2-3-9(10)13/h2-6H,1H3,(H,16,18). The van der Waals surface area contributed by atoms with Gasteiger partial charge < -0.3 is 5.32 Å². The number of hydrogen-bond acceptors (Lipinski definition) is 3. The number of halogens is 1. The molecule has 0 saturated carbocycles. The Labute approximate surface area is 109 Å². The smallest absolute Gasteiger partial charge is 0.273 e. The number of anilines is 1. The first kappa shape index (κ1) is 12.1. The molecule has 0 aliphatic rings. The average Bonchev–Trinajstić information content (AvgIpc) is 2.78. The average molecular weight is 261 g/mol. The molecule has 1 amide bonds. The largest absolute Gasteiger partial charge is 0.319 e. The third-order valence-electron chi connectivity index (χ3n) is 2.40. The van der Waals surface area contributed by atoms with Gasteiger partial charge in [-0.2, -0.15) is 10.4 Å². The third kappa shape index (κ3) is 2.34. The van der Waals surface area contributed by atoms with Crippen LogP contribution in [0.3, 0.4) is 0 Å². The van der Waals surface area contributed by atoms with Crippen LogP contribution in [0.4, 0.5) is 5.69 Å². The van der Waals surface area contributed by atoms with Crippen molar-refractivity contribution < 1.29 is 4.79 Å². The number of aryl methyl sites for hydroxylation is 1. The molecule has 2 rings (SSSR count). The SMILES string of the molecule is Cn1nccc1C(=O)Nc1cc(C#N)ccc1Cl. The Bertz CT molecular complexity index is 642. The Hall–Kier alpha value is -2.32. The molecule has 0 spiro atoms. The first-order chi connectivity index (χ1) is 8.61. The first-order valence-corrected chi connectivity index (χ1v) is 5.48. The van der Waals surface area contributed by atoms with E-state index in [4.69, 9.17) is 16.9 Å². The van der Waals surface area contributed by atoms with Crippen LogP contribution in [-0.4, -0.2) is 15.7 Å². The predicted molar refractivity (Wildman–Crippen MR) is 67.3 cm³/mol. The highest BCUT2D eigenvalue weighted by Crippen LogP contribution is 2.23. The second-order valence-electron chi connectivity index (χ2n) is 3.60. The van der Waals surface area contributed by atoms with Gasteiger partial charge in [-0.3, -0.25) is 9.48 Å². The number of benzene rings is 1.